The average molecular weight is 407 g/mol. The second-order valence-electron chi connectivity index (χ2n) is 7.05. The van der Waals surface area contributed by atoms with E-state index in [0.717, 1.165) is 30.8 Å². The molecule has 2 aromatic carbocycles. The Kier molecular flexibility index (Phi) is 6.64. The molecule has 1 aliphatic rings. The van der Waals surface area contributed by atoms with Crippen LogP contribution in [0.5, 0.6) is 5.75 Å². The third-order valence-corrected chi connectivity index (χ3v) is 5.82. The van der Waals surface area contributed by atoms with Gasteiger partial charge in [-0.3, -0.25) is 4.79 Å². The van der Waals surface area contributed by atoms with Crippen molar-refractivity contribution in [3.8, 4) is 5.75 Å². The van der Waals surface area contributed by atoms with Gasteiger partial charge in [-0.05, 0) is 61.3 Å². The van der Waals surface area contributed by atoms with Gasteiger partial charge < -0.3 is 14.9 Å². The summed E-state index contributed by atoms with van der Waals surface area (Å²) >= 11 is 12.0. The summed E-state index contributed by atoms with van der Waals surface area (Å²) in [7, 11) is 1.82. The number of carbonyl (C=O) groups excluding carboxylic acids is 1. The highest BCUT2D eigenvalue weighted by atomic mass is 35.5. The van der Waals surface area contributed by atoms with Gasteiger partial charge in [0, 0.05) is 13.6 Å². The van der Waals surface area contributed by atoms with E-state index in [2.05, 4.69) is 4.90 Å². The van der Waals surface area contributed by atoms with Crippen LogP contribution < -0.4 is 0 Å². The van der Waals surface area contributed by atoms with Gasteiger partial charge in [0.1, 0.15) is 5.75 Å². The molecule has 0 saturated carbocycles. The monoisotopic (exact) mass is 406 g/mol. The number of phenols is 1. The number of halogens is 2. The van der Waals surface area contributed by atoms with Crippen molar-refractivity contribution in [1.82, 2.24) is 9.80 Å². The molecule has 1 N–H and O–H groups in total. The molecule has 1 aliphatic heterocycles. The van der Waals surface area contributed by atoms with E-state index in [9.17, 15) is 9.90 Å². The van der Waals surface area contributed by atoms with E-state index >= 15 is 0 Å². The first-order chi connectivity index (χ1) is 12.9. The quantitative estimate of drug-likeness (QED) is 0.765. The van der Waals surface area contributed by atoms with Crippen LogP contribution >= 0.6 is 23.2 Å². The van der Waals surface area contributed by atoms with Gasteiger partial charge in [-0.15, -0.1) is 0 Å². The second kappa shape index (κ2) is 8.96. The summed E-state index contributed by atoms with van der Waals surface area (Å²) in [4.78, 5) is 17.1. The van der Waals surface area contributed by atoms with Crippen molar-refractivity contribution in [3.63, 3.8) is 0 Å². The molecule has 0 aliphatic carbocycles. The molecule has 0 radical (unpaired) electrons. The number of amides is 1. The first-order valence-electron chi connectivity index (χ1n) is 9.15. The third-order valence-electron chi connectivity index (χ3n) is 5.09. The van der Waals surface area contributed by atoms with Crippen LogP contribution in [0.25, 0.3) is 0 Å². The highest BCUT2D eigenvalue weighted by molar-refractivity contribution is 6.42. The van der Waals surface area contributed by atoms with Gasteiger partial charge in [0.25, 0.3) is 0 Å². The Bertz CT molecular complexity index is 807. The summed E-state index contributed by atoms with van der Waals surface area (Å²) in [5, 5.41) is 10.8. The topological polar surface area (TPSA) is 43.8 Å². The zero-order valence-electron chi connectivity index (χ0n) is 15.4. The molecule has 6 heteroatoms. The maximum atomic E-state index is 13.0. The van der Waals surface area contributed by atoms with Crippen LogP contribution in [0.4, 0.5) is 0 Å². The number of phenolic OH excluding ortho intramolecular Hbond substituents is 1. The van der Waals surface area contributed by atoms with E-state index in [0.29, 0.717) is 10.0 Å². The zero-order chi connectivity index (χ0) is 19.4. The SMILES string of the molecule is CN(C(=O)Cc1ccc(Cl)c(Cl)c1)[C@@H](CN1CCCC1)c1cccc(O)c1. The number of carbonyl (C=O) groups is 1. The Hall–Kier alpha value is -1.75. The van der Waals surface area contributed by atoms with Crippen LogP contribution in [0, 0.1) is 0 Å². The van der Waals surface area contributed by atoms with E-state index < -0.39 is 0 Å². The standard InChI is InChI=1S/C21H24Cl2N2O2/c1-24(21(27)12-15-7-8-18(22)19(23)11-15)20(14-25-9-2-3-10-25)16-5-4-6-17(26)13-16/h4-8,11,13,20,26H,2-3,9-10,12,14H2,1H3/t20-/m0/s1. The predicted octanol–water partition coefficient (Wildman–Crippen LogP) is 4.54. The molecular formula is C21H24Cl2N2O2. The van der Waals surface area contributed by atoms with Crippen molar-refractivity contribution in [3.05, 3.63) is 63.6 Å². The number of nitrogens with zero attached hydrogens (tertiary/aromatic N) is 2. The van der Waals surface area contributed by atoms with Crippen LogP contribution in [0.15, 0.2) is 42.5 Å². The molecule has 2 aromatic rings. The first kappa shape index (κ1) is 20.0. The molecule has 27 heavy (non-hydrogen) atoms. The Morgan fingerprint density at radius 2 is 1.89 bits per heavy atom. The Labute approximate surface area is 170 Å². The lowest BCUT2D eigenvalue weighted by molar-refractivity contribution is -0.131. The van der Waals surface area contributed by atoms with Crippen molar-refractivity contribution < 1.29 is 9.90 Å². The zero-order valence-corrected chi connectivity index (χ0v) is 16.9. The fourth-order valence-electron chi connectivity index (χ4n) is 3.52. The minimum absolute atomic E-state index is 0.000860. The Morgan fingerprint density at radius 3 is 2.56 bits per heavy atom. The molecule has 0 spiro atoms. The van der Waals surface area contributed by atoms with Gasteiger partial charge in [-0.25, -0.2) is 0 Å². The third kappa shape index (κ3) is 5.16. The number of hydrogen-bond donors (Lipinski definition) is 1. The second-order valence-corrected chi connectivity index (χ2v) is 7.86. The molecular weight excluding hydrogens is 383 g/mol. The maximum Gasteiger partial charge on any atom is 0.227 e. The maximum absolute atomic E-state index is 13.0. The minimum atomic E-state index is -0.120. The molecule has 0 aromatic heterocycles. The minimum Gasteiger partial charge on any atom is -0.508 e. The fraction of sp³-hybridized carbons (Fsp3) is 0.381. The molecule has 4 nitrogen and oxygen atoms in total. The van der Waals surface area contributed by atoms with E-state index in [4.69, 9.17) is 23.2 Å². The largest absolute Gasteiger partial charge is 0.508 e. The molecule has 144 valence electrons. The van der Waals surface area contributed by atoms with Gasteiger partial charge in [0.05, 0.1) is 22.5 Å². The highest BCUT2D eigenvalue weighted by Gasteiger charge is 2.26. The van der Waals surface area contributed by atoms with Gasteiger partial charge in [0.15, 0.2) is 0 Å². The van der Waals surface area contributed by atoms with Gasteiger partial charge in [0.2, 0.25) is 5.91 Å². The van der Waals surface area contributed by atoms with Crippen molar-refractivity contribution >= 4 is 29.1 Å². The number of likely N-dealkylation sites (N-methyl/N-ethyl adjacent to an activating group) is 1. The summed E-state index contributed by atoms with van der Waals surface area (Å²) in [5.74, 6) is 0.213. The summed E-state index contributed by atoms with van der Waals surface area (Å²) in [6.07, 6.45) is 2.63. The number of likely N-dealkylation sites (tertiary alicyclic amines) is 1. The van der Waals surface area contributed by atoms with Gasteiger partial charge >= 0.3 is 0 Å². The van der Waals surface area contributed by atoms with Crippen LogP contribution in [-0.2, 0) is 11.2 Å². The van der Waals surface area contributed by atoms with E-state index in [1.54, 1.807) is 29.2 Å². The summed E-state index contributed by atoms with van der Waals surface area (Å²) in [6, 6.07) is 12.3. The average Bonchev–Trinajstić information content (AvgIpc) is 3.15. The number of aromatic hydroxyl groups is 1. The predicted molar refractivity (Wildman–Crippen MR) is 109 cm³/mol. The van der Waals surface area contributed by atoms with E-state index in [1.165, 1.54) is 12.8 Å². The Balaban J connectivity index is 1.79. The van der Waals surface area contributed by atoms with Crippen LogP contribution in [0.1, 0.15) is 30.0 Å². The summed E-state index contributed by atoms with van der Waals surface area (Å²) < 4.78 is 0. The van der Waals surface area contributed by atoms with Crippen molar-refractivity contribution in [2.45, 2.75) is 25.3 Å². The van der Waals surface area contributed by atoms with Crippen LogP contribution in [0.3, 0.4) is 0 Å². The van der Waals surface area contributed by atoms with E-state index in [-0.39, 0.29) is 24.1 Å². The lowest BCUT2D eigenvalue weighted by Crippen LogP contribution is -2.39. The normalized spacial score (nSPS) is 15.7. The van der Waals surface area contributed by atoms with Crippen LogP contribution in [-0.4, -0.2) is 47.5 Å². The van der Waals surface area contributed by atoms with Crippen molar-refractivity contribution in [1.29, 1.82) is 0 Å². The molecule has 1 amide bonds. The molecule has 0 unspecified atom stereocenters. The number of rotatable bonds is 6. The Morgan fingerprint density at radius 1 is 1.15 bits per heavy atom. The molecule has 1 atom stereocenters. The summed E-state index contributed by atoms with van der Waals surface area (Å²) in [6.45, 7) is 2.85. The van der Waals surface area contributed by atoms with Crippen molar-refractivity contribution in [2.24, 2.45) is 0 Å². The molecule has 1 saturated heterocycles. The first-order valence-corrected chi connectivity index (χ1v) is 9.90. The fourth-order valence-corrected chi connectivity index (χ4v) is 3.84. The number of benzene rings is 2. The highest BCUT2D eigenvalue weighted by Crippen LogP contribution is 2.27. The van der Waals surface area contributed by atoms with Gasteiger partial charge in [-0.2, -0.15) is 0 Å². The number of hydrogen-bond acceptors (Lipinski definition) is 3. The van der Waals surface area contributed by atoms with E-state index in [1.807, 2.05) is 25.2 Å². The van der Waals surface area contributed by atoms with Crippen molar-refractivity contribution in [2.75, 3.05) is 26.7 Å². The summed E-state index contributed by atoms with van der Waals surface area (Å²) in [5.41, 5.74) is 1.77. The molecule has 1 fully saturated rings. The van der Waals surface area contributed by atoms with Crippen LogP contribution in [0.2, 0.25) is 10.0 Å². The van der Waals surface area contributed by atoms with Gasteiger partial charge in [-0.1, -0.05) is 41.4 Å². The molecule has 3 rings (SSSR count). The molecule has 1 heterocycles. The smallest absolute Gasteiger partial charge is 0.227 e. The lowest BCUT2D eigenvalue weighted by atomic mass is 10.0. The molecule has 0 bridgehead atoms. The lowest BCUT2D eigenvalue weighted by Gasteiger charge is -2.32.